The van der Waals surface area contributed by atoms with Crippen LogP contribution in [0.15, 0.2) is 35.7 Å². The molecule has 1 N–H and O–H groups in total. The van der Waals surface area contributed by atoms with E-state index in [4.69, 9.17) is 10.00 Å². The van der Waals surface area contributed by atoms with Crippen molar-refractivity contribution in [1.29, 1.82) is 5.26 Å². The summed E-state index contributed by atoms with van der Waals surface area (Å²) in [4.78, 5) is 14.1. The van der Waals surface area contributed by atoms with Crippen molar-refractivity contribution < 1.29 is 18.3 Å². The number of carbonyl (C=O) groups excluding carboxylic acids is 1. The lowest BCUT2D eigenvalue weighted by Crippen LogP contribution is -2.19. The summed E-state index contributed by atoms with van der Waals surface area (Å²) in [6.45, 7) is 1.09. The molecule has 0 atom stereocenters. The molecule has 132 valence electrons. The Hall–Kier alpha value is -2.88. The van der Waals surface area contributed by atoms with Gasteiger partial charge in [-0.2, -0.15) is 5.26 Å². The maximum absolute atomic E-state index is 12.4. The number of benzene rings is 1. The Balaban J connectivity index is 2.22. The zero-order valence-corrected chi connectivity index (χ0v) is 14.3. The average Bonchev–Trinajstić information content (AvgIpc) is 2.56. The van der Waals surface area contributed by atoms with Crippen LogP contribution in [0.5, 0.6) is 5.75 Å². The van der Waals surface area contributed by atoms with E-state index in [0.717, 1.165) is 5.56 Å². The Labute approximate surface area is 145 Å². The second kappa shape index (κ2) is 7.79. The molecular formula is C18H19F2N3O2. The van der Waals surface area contributed by atoms with Gasteiger partial charge in [0.1, 0.15) is 24.0 Å². The van der Waals surface area contributed by atoms with Crippen molar-refractivity contribution in [3.8, 4) is 11.8 Å². The third-order valence-corrected chi connectivity index (χ3v) is 3.56. The van der Waals surface area contributed by atoms with E-state index in [1.54, 1.807) is 44.1 Å². The van der Waals surface area contributed by atoms with E-state index < -0.39 is 18.8 Å². The highest BCUT2D eigenvalue weighted by Gasteiger charge is 2.21. The molecule has 1 aromatic rings. The number of nitrogens with one attached hydrogen (secondary N) is 1. The average molecular weight is 347 g/mol. The number of alkyl halides is 2. The molecule has 0 aliphatic carbocycles. The zero-order chi connectivity index (χ0) is 18.6. The van der Waals surface area contributed by atoms with E-state index in [-0.39, 0.29) is 5.57 Å². The number of rotatable bonds is 6. The molecule has 0 radical (unpaired) electrons. The molecule has 0 aromatic heterocycles. The summed E-state index contributed by atoms with van der Waals surface area (Å²) in [6.07, 6.45) is 1.05. The summed E-state index contributed by atoms with van der Waals surface area (Å²) < 4.78 is 29.7. The van der Waals surface area contributed by atoms with Crippen LogP contribution in [-0.4, -0.2) is 37.8 Å². The first-order valence-corrected chi connectivity index (χ1v) is 7.66. The van der Waals surface area contributed by atoms with Gasteiger partial charge in [0.15, 0.2) is 0 Å². The molecule has 0 bridgehead atoms. The van der Waals surface area contributed by atoms with E-state index in [0.29, 0.717) is 29.1 Å². The van der Waals surface area contributed by atoms with Crippen LogP contribution in [0.4, 0.5) is 14.5 Å². The number of halogens is 2. The molecule has 1 aromatic carbocycles. The maximum atomic E-state index is 12.4. The molecule has 7 heteroatoms. The van der Waals surface area contributed by atoms with Gasteiger partial charge >= 0.3 is 0 Å². The molecule has 5 nitrogen and oxygen atoms in total. The van der Waals surface area contributed by atoms with Crippen molar-refractivity contribution in [2.75, 3.05) is 26.0 Å². The summed E-state index contributed by atoms with van der Waals surface area (Å²) in [5.41, 5.74) is 2.57. The molecule has 0 saturated carbocycles. The molecule has 0 fully saturated rings. The predicted octanol–water partition coefficient (Wildman–Crippen LogP) is 3.03. The first kappa shape index (κ1) is 18.5. The fourth-order valence-corrected chi connectivity index (χ4v) is 2.42. The normalized spacial score (nSPS) is 13.5. The molecule has 0 spiro atoms. The minimum absolute atomic E-state index is 0.0285. The van der Waals surface area contributed by atoms with Crippen LogP contribution in [0.3, 0.4) is 0 Å². The Bertz CT molecular complexity index is 777. The van der Waals surface area contributed by atoms with Crippen molar-refractivity contribution in [1.82, 2.24) is 4.90 Å². The third kappa shape index (κ3) is 4.57. The van der Waals surface area contributed by atoms with Gasteiger partial charge in [0.25, 0.3) is 6.43 Å². The Morgan fingerprint density at radius 3 is 2.80 bits per heavy atom. The molecule has 2 rings (SSSR count). The van der Waals surface area contributed by atoms with E-state index in [2.05, 4.69) is 5.32 Å². The SMILES string of the molecule is Cc1cc2c(cc1OCC(F)F)CC=C(C(=O)/C(C#N)=C/N(C)C)N2. The molecule has 1 heterocycles. The molecule has 25 heavy (non-hydrogen) atoms. The topological polar surface area (TPSA) is 65.4 Å². The molecule has 1 aliphatic heterocycles. The monoisotopic (exact) mass is 347 g/mol. The predicted molar refractivity (Wildman–Crippen MR) is 90.5 cm³/mol. The van der Waals surface area contributed by atoms with E-state index in [1.165, 1.54) is 6.20 Å². The van der Waals surface area contributed by atoms with E-state index >= 15 is 0 Å². The maximum Gasteiger partial charge on any atom is 0.272 e. The number of ketones is 1. The molecule has 1 aliphatic rings. The number of hydrogen-bond donors (Lipinski definition) is 1. The van der Waals surface area contributed by atoms with Gasteiger partial charge in [-0.15, -0.1) is 0 Å². The van der Waals surface area contributed by atoms with Crippen LogP contribution in [0, 0.1) is 18.3 Å². The number of aryl methyl sites for hydroxylation is 1. The highest BCUT2D eigenvalue weighted by Crippen LogP contribution is 2.31. The van der Waals surface area contributed by atoms with Gasteiger partial charge in [-0.25, -0.2) is 8.78 Å². The molecule has 0 amide bonds. The van der Waals surface area contributed by atoms with Crippen molar-refractivity contribution in [2.45, 2.75) is 19.8 Å². The van der Waals surface area contributed by atoms with Crippen LogP contribution in [0.1, 0.15) is 11.1 Å². The summed E-state index contributed by atoms with van der Waals surface area (Å²) in [5, 5.41) is 12.2. The number of nitriles is 1. The summed E-state index contributed by atoms with van der Waals surface area (Å²) >= 11 is 0. The Morgan fingerprint density at radius 1 is 1.48 bits per heavy atom. The van der Waals surface area contributed by atoms with Gasteiger partial charge < -0.3 is 15.0 Å². The number of fused-ring (bicyclic) bond motifs is 1. The number of carbonyl (C=O) groups is 1. The second-order valence-electron chi connectivity index (χ2n) is 5.87. The Morgan fingerprint density at radius 2 is 2.20 bits per heavy atom. The fraction of sp³-hybridized carbons (Fsp3) is 0.333. The first-order chi connectivity index (χ1) is 11.8. The number of nitrogens with zero attached hydrogens (tertiary/aromatic N) is 2. The number of anilines is 1. The largest absolute Gasteiger partial charge is 0.487 e. The third-order valence-electron chi connectivity index (χ3n) is 3.56. The van der Waals surface area contributed by atoms with Crippen molar-refractivity contribution in [3.63, 3.8) is 0 Å². The highest BCUT2D eigenvalue weighted by molar-refractivity contribution is 6.12. The molecule has 0 unspecified atom stereocenters. The molecular weight excluding hydrogens is 328 g/mol. The van der Waals surface area contributed by atoms with Crippen LogP contribution in [-0.2, 0) is 11.2 Å². The number of Topliss-reactive ketones (excluding diaryl/α,β-unsaturated/α-hetero) is 1. The second-order valence-corrected chi connectivity index (χ2v) is 5.87. The lowest BCUT2D eigenvalue weighted by molar-refractivity contribution is -0.111. The zero-order valence-electron chi connectivity index (χ0n) is 14.3. The first-order valence-electron chi connectivity index (χ1n) is 7.66. The minimum Gasteiger partial charge on any atom is -0.487 e. The number of allylic oxidation sites excluding steroid dienone is 2. The smallest absolute Gasteiger partial charge is 0.272 e. The fourth-order valence-electron chi connectivity index (χ4n) is 2.42. The van der Waals surface area contributed by atoms with Crippen LogP contribution < -0.4 is 10.1 Å². The van der Waals surface area contributed by atoms with Gasteiger partial charge in [-0.05, 0) is 36.6 Å². The van der Waals surface area contributed by atoms with Crippen molar-refractivity contribution >= 4 is 11.5 Å². The summed E-state index contributed by atoms with van der Waals surface area (Å²) in [5.74, 6) is 0.00627. The van der Waals surface area contributed by atoms with Crippen LogP contribution in [0.2, 0.25) is 0 Å². The van der Waals surface area contributed by atoms with Gasteiger partial charge in [-0.3, -0.25) is 4.79 Å². The quantitative estimate of drug-likeness (QED) is 0.633. The molecule has 0 saturated heterocycles. The van der Waals surface area contributed by atoms with E-state index in [1.807, 2.05) is 6.07 Å². The number of hydrogen-bond acceptors (Lipinski definition) is 5. The van der Waals surface area contributed by atoms with Gasteiger partial charge in [0, 0.05) is 26.0 Å². The van der Waals surface area contributed by atoms with Gasteiger partial charge in [0.05, 0.1) is 5.70 Å². The van der Waals surface area contributed by atoms with Crippen LogP contribution >= 0.6 is 0 Å². The van der Waals surface area contributed by atoms with Gasteiger partial charge in [0.2, 0.25) is 5.78 Å². The lowest BCUT2D eigenvalue weighted by Gasteiger charge is -2.21. The minimum atomic E-state index is -2.54. The Kier molecular flexibility index (Phi) is 5.75. The standard InChI is InChI=1S/C18H19F2N3O2/c1-11-6-15-12(7-16(11)25-10-17(19)20)4-5-14(22-15)18(24)13(8-21)9-23(2)3/h5-7,9,17,22H,4,10H2,1-3H3/b13-9+. The highest BCUT2D eigenvalue weighted by atomic mass is 19.3. The summed E-state index contributed by atoms with van der Waals surface area (Å²) in [7, 11) is 3.46. The van der Waals surface area contributed by atoms with Crippen LogP contribution in [0.25, 0.3) is 0 Å². The van der Waals surface area contributed by atoms with Gasteiger partial charge in [-0.1, -0.05) is 6.08 Å². The van der Waals surface area contributed by atoms with E-state index in [9.17, 15) is 13.6 Å². The van der Waals surface area contributed by atoms with Crippen molar-refractivity contribution in [2.24, 2.45) is 0 Å². The number of ether oxygens (including phenoxy) is 1. The van der Waals surface area contributed by atoms with Crippen molar-refractivity contribution in [3.05, 3.63) is 46.8 Å². The summed E-state index contributed by atoms with van der Waals surface area (Å²) in [6, 6.07) is 5.34. The lowest BCUT2D eigenvalue weighted by atomic mass is 9.99.